The van der Waals surface area contributed by atoms with Gasteiger partial charge in [-0.05, 0) is 6.42 Å². The Bertz CT molecular complexity index is 510. The zero-order valence-corrected chi connectivity index (χ0v) is 10.4. The van der Waals surface area contributed by atoms with Crippen molar-refractivity contribution in [3.63, 3.8) is 0 Å². The topological polar surface area (TPSA) is 69.8 Å². The predicted octanol–water partition coefficient (Wildman–Crippen LogP) is 1.74. The van der Waals surface area contributed by atoms with Gasteiger partial charge in [0.1, 0.15) is 11.6 Å². The molecule has 5 nitrogen and oxygen atoms in total. The lowest BCUT2D eigenvalue weighted by atomic mass is 10.2. The maximum Gasteiger partial charge on any atom is 0.407 e. The largest absolute Gasteiger partial charge is 0.465 e. The van der Waals surface area contributed by atoms with Crippen LogP contribution in [-0.2, 0) is 0 Å². The molecular formula is C12H15F2N3O2. The van der Waals surface area contributed by atoms with Crippen LogP contribution < -0.4 is 10.6 Å². The molecule has 1 aliphatic rings. The summed E-state index contributed by atoms with van der Waals surface area (Å²) in [5, 5.41) is 8.89. The van der Waals surface area contributed by atoms with Crippen LogP contribution in [0.4, 0.5) is 25.0 Å². The zero-order valence-electron chi connectivity index (χ0n) is 10.4. The molecule has 2 rings (SSSR count). The highest BCUT2D eigenvalue weighted by Crippen LogP contribution is 2.28. The van der Waals surface area contributed by atoms with E-state index in [9.17, 15) is 13.6 Å². The van der Waals surface area contributed by atoms with Crippen molar-refractivity contribution in [2.45, 2.75) is 12.5 Å². The van der Waals surface area contributed by atoms with E-state index in [0.29, 0.717) is 19.5 Å². The quantitative estimate of drug-likeness (QED) is 0.804. The Morgan fingerprint density at radius 2 is 2.16 bits per heavy atom. The van der Waals surface area contributed by atoms with Gasteiger partial charge in [-0.2, -0.15) is 0 Å². The predicted molar refractivity (Wildman–Crippen MR) is 67.2 cm³/mol. The van der Waals surface area contributed by atoms with Gasteiger partial charge in [0, 0.05) is 32.3 Å². The van der Waals surface area contributed by atoms with Crippen molar-refractivity contribution in [3.8, 4) is 0 Å². The van der Waals surface area contributed by atoms with Crippen LogP contribution in [0, 0.1) is 11.6 Å². The molecule has 1 fully saturated rings. The first-order valence-electron chi connectivity index (χ1n) is 5.85. The smallest absolute Gasteiger partial charge is 0.407 e. The molecule has 1 aromatic rings. The summed E-state index contributed by atoms with van der Waals surface area (Å²) in [6, 6.07) is 1.77. The molecule has 0 radical (unpaired) electrons. The van der Waals surface area contributed by atoms with Crippen molar-refractivity contribution in [1.82, 2.24) is 4.90 Å². The molecule has 1 unspecified atom stereocenters. The van der Waals surface area contributed by atoms with Crippen LogP contribution in [0.3, 0.4) is 0 Å². The van der Waals surface area contributed by atoms with Crippen molar-refractivity contribution in [2.24, 2.45) is 0 Å². The van der Waals surface area contributed by atoms with Gasteiger partial charge in [-0.15, -0.1) is 0 Å². The first-order chi connectivity index (χ1) is 8.90. The number of rotatable bonds is 2. The fourth-order valence-electron chi connectivity index (χ4n) is 2.23. The van der Waals surface area contributed by atoms with Gasteiger partial charge >= 0.3 is 6.09 Å². The minimum absolute atomic E-state index is 0.119. The summed E-state index contributed by atoms with van der Waals surface area (Å²) in [6.45, 7) is 0.811. The molecular weight excluding hydrogens is 256 g/mol. The third-order valence-corrected chi connectivity index (χ3v) is 3.42. The molecule has 1 atom stereocenters. The van der Waals surface area contributed by atoms with Crippen LogP contribution in [0.2, 0.25) is 0 Å². The summed E-state index contributed by atoms with van der Waals surface area (Å²) in [5.41, 5.74) is 5.17. The fraction of sp³-hybridized carbons (Fsp3) is 0.417. The third-order valence-electron chi connectivity index (χ3n) is 3.42. The second-order valence-corrected chi connectivity index (χ2v) is 4.61. The number of benzene rings is 1. The fourth-order valence-corrected chi connectivity index (χ4v) is 2.23. The van der Waals surface area contributed by atoms with Gasteiger partial charge in [0.25, 0.3) is 0 Å². The number of halogens is 2. The number of nitrogen functional groups attached to an aromatic ring is 1. The molecule has 0 aliphatic carbocycles. The summed E-state index contributed by atoms with van der Waals surface area (Å²) in [5.74, 6) is -1.27. The Morgan fingerprint density at radius 1 is 1.47 bits per heavy atom. The van der Waals surface area contributed by atoms with Crippen LogP contribution in [-0.4, -0.2) is 42.3 Å². The number of nitrogens with zero attached hydrogens (tertiary/aromatic N) is 2. The number of hydrogen-bond donors (Lipinski definition) is 2. The molecule has 1 heterocycles. The Morgan fingerprint density at radius 3 is 2.79 bits per heavy atom. The SMILES string of the molecule is CN(C(=O)O)C1CCN(c2cc(F)c(N)cc2F)C1. The highest BCUT2D eigenvalue weighted by molar-refractivity contribution is 5.65. The van der Waals surface area contributed by atoms with E-state index < -0.39 is 17.7 Å². The van der Waals surface area contributed by atoms with Crippen molar-refractivity contribution in [3.05, 3.63) is 23.8 Å². The molecule has 7 heteroatoms. The third kappa shape index (κ3) is 2.54. The molecule has 1 saturated heterocycles. The van der Waals surface area contributed by atoms with Gasteiger partial charge < -0.3 is 20.6 Å². The first-order valence-corrected chi connectivity index (χ1v) is 5.85. The number of nitrogens with two attached hydrogens (primary N) is 1. The van der Waals surface area contributed by atoms with Gasteiger partial charge in [-0.3, -0.25) is 0 Å². The summed E-state index contributed by atoms with van der Waals surface area (Å²) in [4.78, 5) is 13.7. The molecule has 1 amide bonds. The van der Waals surface area contributed by atoms with E-state index in [1.54, 1.807) is 4.90 Å². The lowest BCUT2D eigenvalue weighted by Crippen LogP contribution is -2.38. The van der Waals surface area contributed by atoms with Gasteiger partial charge in [0.15, 0.2) is 0 Å². The second kappa shape index (κ2) is 4.91. The molecule has 1 aromatic carbocycles. The van der Waals surface area contributed by atoms with E-state index in [2.05, 4.69) is 0 Å². The Hall–Kier alpha value is -2.05. The van der Waals surface area contributed by atoms with Crippen molar-refractivity contribution in [2.75, 3.05) is 30.8 Å². The van der Waals surface area contributed by atoms with Crippen LogP contribution >= 0.6 is 0 Å². The van der Waals surface area contributed by atoms with Crippen molar-refractivity contribution < 1.29 is 18.7 Å². The van der Waals surface area contributed by atoms with Crippen LogP contribution in [0.1, 0.15) is 6.42 Å². The van der Waals surface area contributed by atoms with E-state index in [1.165, 1.54) is 11.9 Å². The lowest BCUT2D eigenvalue weighted by Gasteiger charge is -2.23. The highest BCUT2D eigenvalue weighted by atomic mass is 19.1. The Labute approximate surface area is 109 Å². The number of hydrogen-bond acceptors (Lipinski definition) is 3. The second-order valence-electron chi connectivity index (χ2n) is 4.61. The summed E-state index contributed by atoms with van der Waals surface area (Å²) in [6.07, 6.45) is -0.454. The lowest BCUT2D eigenvalue weighted by molar-refractivity contribution is 0.142. The van der Waals surface area contributed by atoms with Gasteiger partial charge in [-0.25, -0.2) is 13.6 Å². The zero-order chi connectivity index (χ0) is 14.2. The van der Waals surface area contributed by atoms with Crippen molar-refractivity contribution in [1.29, 1.82) is 0 Å². The van der Waals surface area contributed by atoms with Crippen LogP contribution in [0.15, 0.2) is 12.1 Å². The summed E-state index contributed by atoms with van der Waals surface area (Å²) in [7, 11) is 1.47. The van der Waals surface area contributed by atoms with E-state index >= 15 is 0 Å². The Balaban J connectivity index is 2.17. The van der Waals surface area contributed by atoms with E-state index in [0.717, 1.165) is 12.1 Å². The van der Waals surface area contributed by atoms with Crippen molar-refractivity contribution >= 4 is 17.5 Å². The number of carboxylic acid groups (broad SMARTS) is 1. The highest BCUT2D eigenvalue weighted by Gasteiger charge is 2.29. The van der Waals surface area contributed by atoms with Gasteiger partial charge in [0.05, 0.1) is 17.4 Å². The van der Waals surface area contributed by atoms with E-state index in [-0.39, 0.29) is 17.4 Å². The minimum Gasteiger partial charge on any atom is -0.465 e. The standard InChI is InChI=1S/C12H15F2N3O2/c1-16(12(18)19)7-2-3-17(6-7)11-5-8(13)10(15)4-9(11)14/h4-5,7H,2-3,6,15H2,1H3,(H,18,19). The molecule has 0 bridgehead atoms. The van der Waals surface area contributed by atoms with Gasteiger partial charge in [0.2, 0.25) is 0 Å². The molecule has 3 N–H and O–H groups in total. The van der Waals surface area contributed by atoms with Gasteiger partial charge in [-0.1, -0.05) is 0 Å². The average Bonchev–Trinajstić information content (AvgIpc) is 2.81. The number of anilines is 2. The first kappa shape index (κ1) is 13.4. The average molecular weight is 271 g/mol. The minimum atomic E-state index is -1.03. The monoisotopic (exact) mass is 271 g/mol. The molecule has 0 aromatic heterocycles. The molecule has 0 saturated carbocycles. The Kier molecular flexibility index (Phi) is 3.46. The normalized spacial score (nSPS) is 18.7. The maximum absolute atomic E-state index is 13.8. The van der Waals surface area contributed by atoms with E-state index in [1.807, 2.05) is 0 Å². The van der Waals surface area contributed by atoms with Crippen LogP contribution in [0.5, 0.6) is 0 Å². The molecule has 0 spiro atoms. The number of carbonyl (C=O) groups is 1. The molecule has 19 heavy (non-hydrogen) atoms. The molecule has 1 aliphatic heterocycles. The van der Waals surface area contributed by atoms with E-state index in [4.69, 9.17) is 10.8 Å². The summed E-state index contributed by atoms with van der Waals surface area (Å²) < 4.78 is 27.1. The maximum atomic E-state index is 13.8. The van der Waals surface area contributed by atoms with Crippen LogP contribution in [0.25, 0.3) is 0 Å². The number of likely N-dealkylation sites (N-methyl/N-ethyl adjacent to an activating group) is 1. The number of amides is 1. The summed E-state index contributed by atoms with van der Waals surface area (Å²) >= 11 is 0. The molecule has 104 valence electrons.